The maximum absolute atomic E-state index is 4.63. The number of nitrogens with zero attached hydrogens (tertiary/aromatic N) is 6. The molecule has 1 aliphatic rings. The number of piperazine rings is 1. The van der Waals surface area contributed by atoms with E-state index in [0.717, 1.165) is 65.8 Å². The molecule has 4 heterocycles. The van der Waals surface area contributed by atoms with Crippen molar-refractivity contribution in [2.24, 2.45) is 0 Å². The predicted molar refractivity (Wildman–Crippen MR) is 110 cm³/mol. The third-order valence-corrected chi connectivity index (χ3v) is 5.62. The topological polar surface area (TPSA) is 70.1 Å². The van der Waals surface area contributed by atoms with Gasteiger partial charge in [0.2, 0.25) is 0 Å². The first-order valence-electron chi connectivity index (χ1n) is 9.17. The van der Waals surface area contributed by atoms with E-state index in [4.69, 9.17) is 0 Å². The van der Waals surface area contributed by atoms with Crippen LogP contribution < -0.4 is 10.2 Å². The maximum Gasteiger partial charge on any atom is 0.188 e. The van der Waals surface area contributed by atoms with Gasteiger partial charge in [-0.1, -0.05) is 24.3 Å². The van der Waals surface area contributed by atoms with Gasteiger partial charge in [0.05, 0.1) is 4.88 Å². The lowest BCUT2D eigenvalue weighted by Gasteiger charge is -2.34. The highest BCUT2D eigenvalue weighted by Crippen LogP contribution is 2.30. The first-order chi connectivity index (χ1) is 13.2. The van der Waals surface area contributed by atoms with Crippen LogP contribution in [0.4, 0.5) is 16.8 Å². The molecular formula is C19H23N7S. The smallest absolute Gasteiger partial charge is 0.188 e. The molecule has 27 heavy (non-hydrogen) atoms. The molecule has 0 amide bonds. The van der Waals surface area contributed by atoms with Crippen LogP contribution >= 0.6 is 11.3 Å². The quantitative estimate of drug-likeness (QED) is 0.728. The Morgan fingerprint density at radius 3 is 2.74 bits per heavy atom. The molecule has 3 aromatic rings. The molecule has 0 unspecified atom stereocenters. The van der Waals surface area contributed by atoms with Gasteiger partial charge < -0.3 is 15.1 Å². The van der Waals surface area contributed by atoms with Gasteiger partial charge >= 0.3 is 0 Å². The Kier molecular flexibility index (Phi) is 5.26. The molecule has 0 aliphatic carbocycles. The van der Waals surface area contributed by atoms with Crippen LogP contribution in [-0.2, 0) is 0 Å². The van der Waals surface area contributed by atoms with Crippen molar-refractivity contribution in [1.29, 1.82) is 0 Å². The SMILES string of the molecule is CCN1CCN(c2cc(Nc3ncc(-c4cccnc4)s3)nc(C)n2)CC1. The number of hydrogen-bond acceptors (Lipinski definition) is 8. The summed E-state index contributed by atoms with van der Waals surface area (Å²) in [5.74, 6) is 2.52. The Hall–Kier alpha value is -2.58. The van der Waals surface area contributed by atoms with Crippen molar-refractivity contribution in [2.75, 3.05) is 42.9 Å². The van der Waals surface area contributed by atoms with Crippen molar-refractivity contribution in [3.05, 3.63) is 42.6 Å². The minimum Gasteiger partial charge on any atom is -0.354 e. The van der Waals surface area contributed by atoms with E-state index in [-0.39, 0.29) is 0 Å². The summed E-state index contributed by atoms with van der Waals surface area (Å²) in [4.78, 5) is 23.7. The van der Waals surface area contributed by atoms with Crippen molar-refractivity contribution >= 4 is 28.1 Å². The second-order valence-electron chi connectivity index (χ2n) is 6.48. The summed E-state index contributed by atoms with van der Waals surface area (Å²) in [6.07, 6.45) is 5.48. The number of anilines is 3. The number of rotatable bonds is 5. The summed E-state index contributed by atoms with van der Waals surface area (Å²) in [5, 5.41) is 4.15. The van der Waals surface area contributed by atoms with Crippen LogP contribution in [0.25, 0.3) is 10.4 Å². The minimum absolute atomic E-state index is 0.761. The Bertz CT molecular complexity index is 888. The fraction of sp³-hybridized carbons (Fsp3) is 0.368. The molecule has 0 aromatic carbocycles. The van der Waals surface area contributed by atoms with Gasteiger partial charge in [-0.15, -0.1) is 0 Å². The van der Waals surface area contributed by atoms with Crippen molar-refractivity contribution < 1.29 is 0 Å². The summed E-state index contributed by atoms with van der Waals surface area (Å²) >= 11 is 1.59. The molecule has 0 radical (unpaired) electrons. The molecule has 3 aromatic heterocycles. The highest BCUT2D eigenvalue weighted by atomic mass is 32.1. The Morgan fingerprint density at radius 1 is 1.15 bits per heavy atom. The minimum atomic E-state index is 0.761. The van der Waals surface area contributed by atoms with Crippen molar-refractivity contribution in [3.63, 3.8) is 0 Å². The van der Waals surface area contributed by atoms with E-state index in [1.54, 1.807) is 17.5 Å². The number of thiazole rings is 1. The van der Waals surface area contributed by atoms with Crippen molar-refractivity contribution in [2.45, 2.75) is 13.8 Å². The van der Waals surface area contributed by atoms with E-state index in [2.05, 4.69) is 42.0 Å². The molecule has 7 nitrogen and oxygen atoms in total. The lowest BCUT2D eigenvalue weighted by molar-refractivity contribution is 0.270. The first kappa shape index (κ1) is 17.8. The predicted octanol–water partition coefficient (Wildman–Crippen LogP) is 3.19. The number of aryl methyl sites for hydroxylation is 1. The summed E-state index contributed by atoms with van der Waals surface area (Å²) < 4.78 is 0. The van der Waals surface area contributed by atoms with Gasteiger partial charge in [-0.05, 0) is 19.5 Å². The average molecular weight is 382 g/mol. The fourth-order valence-corrected chi connectivity index (χ4v) is 3.97. The second kappa shape index (κ2) is 7.98. The number of nitrogens with one attached hydrogen (secondary N) is 1. The Morgan fingerprint density at radius 2 is 2.00 bits per heavy atom. The molecule has 4 rings (SSSR count). The zero-order valence-electron chi connectivity index (χ0n) is 15.6. The van der Waals surface area contributed by atoms with Crippen molar-refractivity contribution in [3.8, 4) is 10.4 Å². The van der Waals surface area contributed by atoms with Crippen molar-refractivity contribution in [1.82, 2.24) is 24.8 Å². The molecule has 1 aliphatic heterocycles. The van der Waals surface area contributed by atoms with Crippen LogP contribution in [0.3, 0.4) is 0 Å². The summed E-state index contributed by atoms with van der Waals surface area (Å²) in [5.41, 5.74) is 1.07. The van der Waals surface area contributed by atoms with Crippen LogP contribution in [0.2, 0.25) is 0 Å². The lowest BCUT2D eigenvalue weighted by atomic mass is 10.3. The van der Waals surface area contributed by atoms with Crippen LogP contribution in [0.1, 0.15) is 12.7 Å². The first-order valence-corrected chi connectivity index (χ1v) is 9.99. The summed E-state index contributed by atoms with van der Waals surface area (Å²) in [6.45, 7) is 9.37. The molecule has 140 valence electrons. The highest BCUT2D eigenvalue weighted by molar-refractivity contribution is 7.18. The molecule has 0 spiro atoms. The fourth-order valence-electron chi connectivity index (χ4n) is 3.15. The Balaban J connectivity index is 1.50. The zero-order valence-corrected chi connectivity index (χ0v) is 16.4. The molecule has 1 fully saturated rings. The third kappa shape index (κ3) is 4.23. The summed E-state index contributed by atoms with van der Waals surface area (Å²) in [7, 11) is 0. The average Bonchev–Trinajstić information content (AvgIpc) is 3.17. The molecular weight excluding hydrogens is 358 g/mol. The molecule has 0 saturated carbocycles. The van der Waals surface area contributed by atoms with Gasteiger partial charge in [0.15, 0.2) is 5.13 Å². The van der Waals surface area contributed by atoms with Gasteiger partial charge in [-0.25, -0.2) is 15.0 Å². The van der Waals surface area contributed by atoms with Gasteiger partial charge in [-0.2, -0.15) is 0 Å². The number of hydrogen-bond donors (Lipinski definition) is 1. The van der Waals surface area contributed by atoms with Crippen LogP contribution in [0.5, 0.6) is 0 Å². The van der Waals surface area contributed by atoms with E-state index in [0.29, 0.717) is 0 Å². The third-order valence-electron chi connectivity index (χ3n) is 4.65. The zero-order chi connectivity index (χ0) is 18.6. The van der Waals surface area contributed by atoms with E-state index >= 15 is 0 Å². The molecule has 0 atom stereocenters. The van der Waals surface area contributed by atoms with Gasteiger partial charge in [0, 0.05) is 56.4 Å². The maximum atomic E-state index is 4.63. The standard InChI is InChI=1S/C19H23N7S/c1-3-25-7-9-26(10-8-25)18-11-17(22-14(2)23-18)24-19-21-13-16(27-19)15-5-4-6-20-12-15/h4-6,11-13H,3,7-10H2,1-2H3,(H,21,22,23,24). The van der Waals surface area contributed by atoms with Gasteiger partial charge in [0.25, 0.3) is 0 Å². The van der Waals surface area contributed by atoms with Crippen LogP contribution in [0, 0.1) is 6.92 Å². The highest BCUT2D eigenvalue weighted by Gasteiger charge is 2.18. The van der Waals surface area contributed by atoms with Gasteiger partial charge in [0.1, 0.15) is 17.5 Å². The number of aromatic nitrogens is 4. The normalized spacial score (nSPS) is 15.1. The molecule has 1 saturated heterocycles. The van der Waals surface area contributed by atoms with E-state index < -0.39 is 0 Å². The van der Waals surface area contributed by atoms with E-state index in [1.165, 1.54) is 0 Å². The molecule has 1 N–H and O–H groups in total. The van der Waals surface area contributed by atoms with Crippen LogP contribution in [0.15, 0.2) is 36.8 Å². The summed E-state index contributed by atoms with van der Waals surface area (Å²) in [6, 6.07) is 5.98. The Labute approximate surface area is 163 Å². The van der Waals surface area contributed by atoms with Gasteiger partial charge in [-0.3, -0.25) is 4.98 Å². The monoisotopic (exact) mass is 381 g/mol. The molecule has 0 bridgehead atoms. The van der Waals surface area contributed by atoms with Crippen LogP contribution in [-0.4, -0.2) is 57.6 Å². The number of likely N-dealkylation sites (N-methyl/N-ethyl adjacent to an activating group) is 1. The lowest BCUT2D eigenvalue weighted by Crippen LogP contribution is -2.46. The van der Waals surface area contributed by atoms with E-state index in [9.17, 15) is 0 Å². The molecule has 8 heteroatoms. The number of pyridine rings is 1. The second-order valence-corrected chi connectivity index (χ2v) is 7.51. The largest absolute Gasteiger partial charge is 0.354 e. The van der Waals surface area contributed by atoms with E-state index in [1.807, 2.05) is 37.5 Å².